The molecule has 0 bridgehead atoms. The van der Waals surface area contributed by atoms with Gasteiger partial charge in [0.1, 0.15) is 23.1 Å². The Kier molecular flexibility index (Phi) is 7.35. The van der Waals surface area contributed by atoms with Crippen molar-refractivity contribution in [1.29, 1.82) is 0 Å². The summed E-state index contributed by atoms with van der Waals surface area (Å²) in [6, 6.07) is 6.61. The van der Waals surface area contributed by atoms with Crippen molar-refractivity contribution in [3.8, 4) is 11.3 Å². The van der Waals surface area contributed by atoms with E-state index in [4.69, 9.17) is 5.73 Å². The van der Waals surface area contributed by atoms with Gasteiger partial charge in [0.2, 0.25) is 0 Å². The van der Waals surface area contributed by atoms with E-state index in [1.807, 2.05) is 0 Å². The number of hydrogen-bond acceptors (Lipinski definition) is 6. The van der Waals surface area contributed by atoms with Gasteiger partial charge in [0.15, 0.2) is 9.84 Å². The number of nitrogen functional groups attached to an aromatic ring is 1. The second kappa shape index (κ2) is 10.3. The molecule has 3 aromatic rings. The third kappa shape index (κ3) is 5.70. The van der Waals surface area contributed by atoms with E-state index in [-0.39, 0.29) is 21.8 Å². The van der Waals surface area contributed by atoms with Crippen molar-refractivity contribution in [1.82, 2.24) is 15.3 Å². The molecule has 36 heavy (non-hydrogen) atoms. The first-order valence-electron chi connectivity index (χ1n) is 11.8. The van der Waals surface area contributed by atoms with Crippen LogP contribution in [0.3, 0.4) is 0 Å². The molecule has 1 unspecified atom stereocenters. The second-order valence-electron chi connectivity index (χ2n) is 9.25. The Hall–Kier alpha value is -3.40. The smallest absolute Gasteiger partial charge is 0.254 e. The molecule has 1 aromatic heterocycles. The minimum atomic E-state index is -3.65. The number of carbonyl (C=O) groups excluding carboxylic acids is 1. The summed E-state index contributed by atoms with van der Waals surface area (Å²) in [6.07, 6.45) is 8.17. The Bertz CT molecular complexity index is 1410. The molecule has 0 radical (unpaired) electrons. The Balaban J connectivity index is 1.55. The van der Waals surface area contributed by atoms with Gasteiger partial charge in [0.25, 0.3) is 5.91 Å². The highest BCUT2D eigenvalue weighted by atomic mass is 32.2. The Labute approximate surface area is 209 Å². The second-order valence-corrected chi connectivity index (χ2v) is 11.3. The number of nitrogens with two attached hydrogens (primary N) is 1. The highest BCUT2D eigenvalue weighted by molar-refractivity contribution is 7.90. The largest absolute Gasteiger partial charge is 0.382 e. The van der Waals surface area contributed by atoms with Gasteiger partial charge in [0, 0.05) is 17.7 Å². The Morgan fingerprint density at radius 2 is 1.83 bits per heavy atom. The van der Waals surface area contributed by atoms with Crippen LogP contribution in [-0.4, -0.2) is 30.5 Å². The first-order chi connectivity index (χ1) is 17.0. The fourth-order valence-electron chi connectivity index (χ4n) is 4.47. The molecule has 0 spiro atoms. The molecule has 1 aliphatic carbocycles. The summed E-state index contributed by atoms with van der Waals surface area (Å²) in [5.41, 5.74) is 7.66. The lowest BCUT2D eigenvalue weighted by atomic mass is 9.87. The van der Waals surface area contributed by atoms with Gasteiger partial charge in [-0.2, -0.15) is 0 Å². The normalized spacial score (nSPS) is 15.4. The molecule has 3 N–H and O–H groups in total. The minimum Gasteiger partial charge on any atom is -0.382 e. The number of hydrogen-bond donors (Lipinski definition) is 2. The van der Waals surface area contributed by atoms with E-state index in [2.05, 4.69) is 15.3 Å². The van der Waals surface area contributed by atoms with Gasteiger partial charge in [-0.15, -0.1) is 0 Å². The van der Waals surface area contributed by atoms with Gasteiger partial charge in [-0.1, -0.05) is 25.3 Å². The number of benzene rings is 2. The lowest BCUT2D eigenvalue weighted by molar-refractivity contribution is 0.0935. The zero-order chi connectivity index (χ0) is 26.0. The number of rotatable bonds is 6. The number of carbonyl (C=O) groups is 1. The van der Waals surface area contributed by atoms with Gasteiger partial charge in [-0.3, -0.25) is 4.79 Å². The van der Waals surface area contributed by atoms with Crippen molar-refractivity contribution < 1.29 is 22.0 Å². The van der Waals surface area contributed by atoms with Crippen LogP contribution in [0.2, 0.25) is 0 Å². The Morgan fingerprint density at radius 3 is 2.50 bits per heavy atom. The molecular weight excluding hydrogens is 486 g/mol. The van der Waals surface area contributed by atoms with Gasteiger partial charge in [-0.05, 0) is 55.7 Å². The van der Waals surface area contributed by atoms with Crippen molar-refractivity contribution >= 4 is 21.6 Å². The number of nitrogens with zero attached hydrogens (tertiary/aromatic N) is 2. The molecule has 1 heterocycles. The number of anilines is 1. The standard InChI is InChI=1S/C26H28F2N4O3S/c1-15(18-10-19(27)13-20(11-18)36(2,34)35)31-26(33)21-9-8-17(12-22(21)28)24-25(29)30-14-23(32-24)16-6-4-3-5-7-16/h8-16H,3-7H2,1-2H3,(H2,29,30)(H,31,33). The maximum atomic E-state index is 15.0. The van der Waals surface area contributed by atoms with E-state index in [0.29, 0.717) is 17.2 Å². The third-order valence-electron chi connectivity index (χ3n) is 6.50. The average molecular weight is 515 g/mol. The van der Waals surface area contributed by atoms with Crippen LogP contribution in [0.1, 0.15) is 72.6 Å². The monoisotopic (exact) mass is 514 g/mol. The van der Waals surface area contributed by atoms with Crippen molar-refractivity contribution in [3.63, 3.8) is 0 Å². The topological polar surface area (TPSA) is 115 Å². The van der Waals surface area contributed by atoms with Gasteiger partial charge >= 0.3 is 0 Å². The number of nitrogens with one attached hydrogen (secondary N) is 1. The Morgan fingerprint density at radius 1 is 1.11 bits per heavy atom. The fraction of sp³-hybridized carbons (Fsp3) is 0.346. The predicted molar refractivity (Wildman–Crippen MR) is 133 cm³/mol. The molecule has 0 saturated heterocycles. The highest BCUT2D eigenvalue weighted by Crippen LogP contribution is 2.33. The SMILES string of the molecule is CC(NC(=O)c1ccc(-c2nc(C3CCCCC3)cnc2N)cc1F)c1cc(F)cc(S(C)(=O)=O)c1. The van der Waals surface area contributed by atoms with Crippen LogP contribution >= 0.6 is 0 Å². The molecule has 1 aliphatic rings. The van der Waals surface area contributed by atoms with Crippen LogP contribution in [0.15, 0.2) is 47.5 Å². The maximum Gasteiger partial charge on any atom is 0.254 e. The molecule has 1 saturated carbocycles. The zero-order valence-electron chi connectivity index (χ0n) is 20.1. The summed E-state index contributed by atoms with van der Waals surface area (Å²) >= 11 is 0. The number of sulfone groups is 1. The first-order valence-corrected chi connectivity index (χ1v) is 13.7. The highest BCUT2D eigenvalue weighted by Gasteiger charge is 2.21. The minimum absolute atomic E-state index is 0.174. The summed E-state index contributed by atoms with van der Waals surface area (Å²) in [5.74, 6) is -1.79. The quantitative estimate of drug-likeness (QED) is 0.481. The van der Waals surface area contributed by atoms with E-state index in [9.17, 15) is 17.6 Å². The van der Waals surface area contributed by atoms with Crippen LogP contribution < -0.4 is 11.1 Å². The van der Waals surface area contributed by atoms with Crippen LogP contribution in [-0.2, 0) is 9.84 Å². The van der Waals surface area contributed by atoms with Gasteiger partial charge < -0.3 is 11.1 Å². The van der Waals surface area contributed by atoms with E-state index in [1.165, 1.54) is 24.6 Å². The average Bonchev–Trinajstić information content (AvgIpc) is 2.83. The van der Waals surface area contributed by atoms with Crippen LogP contribution in [0.4, 0.5) is 14.6 Å². The molecule has 2 aromatic carbocycles. The lowest BCUT2D eigenvalue weighted by Gasteiger charge is -2.21. The molecule has 1 fully saturated rings. The van der Waals surface area contributed by atoms with E-state index >= 15 is 4.39 Å². The summed E-state index contributed by atoms with van der Waals surface area (Å²) in [5, 5.41) is 2.59. The summed E-state index contributed by atoms with van der Waals surface area (Å²) in [4.78, 5) is 21.5. The lowest BCUT2D eigenvalue weighted by Crippen LogP contribution is -2.27. The van der Waals surface area contributed by atoms with Crippen LogP contribution in [0, 0.1) is 11.6 Å². The fourth-order valence-corrected chi connectivity index (χ4v) is 5.15. The predicted octanol–water partition coefficient (Wildman–Crippen LogP) is 4.95. The number of halogens is 2. The number of aromatic nitrogens is 2. The summed E-state index contributed by atoms with van der Waals surface area (Å²) in [6.45, 7) is 1.55. The molecule has 10 heteroatoms. The maximum absolute atomic E-state index is 15.0. The van der Waals surface area contributed by atoms with Crippen molar-refractivity contribution in [2.24, 2.45) is 0 Å². The van der Waals surface area contributed by atoms with Crippen molar-refractivity contribution in [2.75, 3.05) is 12.0 Å². The third-order valence-corrected chi connectivity index (χ3v) is 7.59. The first kappa shape index (κ1) is 25.7. The van der Waals surface area contributed by atoms with Crippen molar-refractivity contribution in [3.05, 3.63) is 71.1 Å². The van der Waals surface area contributed by atoms with Gasteiger partial charge in [-0.25, -0.2) is 27.2 Å². The molecule has 190 valence electrons. The van der Waals surface area contributed by atoms with Crippen LogP contribution in [0.25, 0.3) is 11.3 Å². The van der Waals surface area contributed by atoms with Crippen LogP contribution in [0.5, 0.6) is 0 Å². The van der Waals surface area contributed by atoms with E-state index in [1.54, 1.807) is 19.2 Å². The summed E-state index contributed by atoms with van der Waals surface area (Å²) < 4.78 is 52.6. The molecular formula is C26H28F2N4O3S. The van der Waals surface area contributed by atoms with Crippen molar-refractivity contribution in [2.45, 2.75) is 55.9 Å². The molecule has 4 rings (SSSR count). The molecule has 1 amide bonds. The van der Waals surface area contributed by atoms with E-state index in [0.717, 1.165) is 49.8 Å². The number of amides is 1. The zero-order valence-corrected chi connectivity index (χ0v) is 20.9. The van der Waals surface area contributed by atoms with Gasteiger partial charge in [0.05, 0.1) is 28.4 Å². The molecule has 7 nitrogen and oxygen atoms in total. The molecule has 0 aliphatic heterocycles. The van der Waals surface area contributed by atoms with E-state index < -0.39 is 33.4 Å². The summed E-state index contributed by atoms with van der Waals surface area (Å²) in [7, 11) is -3.65. The molecule has 1 atom stereocenters.